The minimum Gasteiger partial charge on any atom is -0.489 e. The summed E-state index contributed by atoms with van der Waals surface area (Å²) < 4.78 is 11.0. The predicted octanol–water partition coefficient (Wildman–Crippen LogP) is 5.74. The molecule has 0 aliphatic heterocycles. The number of anilines is 1. The van der Waals surface area contributed by atoms with Crippen molar-refractivity contribution in [3.05, 3.63) is 74.6 Å². The van der Waals surface area contributed by atoms with E-state index < -0.39 is 5.91 Å². The molecular weight excluding hydrogens is 387 g/mol. The molecule has 0 spiro atoms. The standard InChI is InChI=1S/C20H18Cl2N2O3/c1-11-7-8-14(9-12(11)2)26-10-15-13(3)27-24-18(15)20(25)23-19-16(21)5-4-6-17(19)22/h4-9H,10H2,1-3H3,(H,23,25). The molecule has 0 fully saturated rings. The van der Waals surface area contributed by atoms with Crippen LogP contribution in [0.5, 0.6) is 5.75 Å². The van der Waals surface area contributed by atoms with Gasteiger partial charge in [0, 0.05) is 0 Å². The maximum Gasteiger partial charge on any atom is 0.278 e. The fourth-order valence-electron chi connectivity index (χ4n) is 2.49. The summed E-state index contributed by atoms with van der Waals surface area (Å²) in [6, 6.07) is 10.8. The Morgan fingerprint density at radius 1 is 1.11 bits per heavy atom. The fourth-order valence-corrected chi connectivity index (χ4v) is 2.98. The van der Waals surface area contributed by atoms with Crippen molar-refractivity contribution in [3.63, 3.8) is 0 Å². The second-order valence-corrected chi connectivity index (χ2v) is 6.97. The minimum atomic E-state index is -0.472. The van der Waals surface area contributed by atoms with Gasteiger partial charge in [-0.1, -0.05) is 40.5 Å². The van der Waals surface area contributed by atoms with Gasteiger partial charge in [-0.15, -0.1) is 0 Å². The van der Waals surface area contributed by atoms with Crippen molar-refractivity contribution < 1.29 is 14.1 Å². The van der Waals surface area contributed by atoms with Gasteiger partial charge >= 0.3 is 0 Å². The monoisotopic (exact) mass is 404 g/mol. The van der Waals surface area contributed by atoms with E-state index >= 15 is 0 Å². The molecule has 5 nitrogen and oxygen atoms in total. The number of aryl methyl sites for hydroxylation is 3. The molecule has 1 aromatic heterocycles. The zero-order chi connectivity index (χ0) is 19.6. The lowest BCUT2D eigenvalue weighted by Gasteiger charge is -2.10. The highest BCUT2D eigenvalue weighted by Gasteiger charge is 2.22. The van der Waals surface area contributed by atoms with Crippen LogP contribution in [-0.2, 0) is 6.61 Å². The molecule has 3 rings (SSSR count). The summed E-state index contributed by atoms with van der Waals surface area (Å²) in [4.78, 5) is 12.7. The zero-order valence-electron chi connectivity index (χ0n) is 15.1. The molecule has 0 aliphatic carbocycles. The fraction of sp³-hybridized carbons (Fsp3) is 0.200. The Balaban J connectivity index is 1.79. The van der Waals surface area contributed by atoms with E-state index in [1.807, 2.05) is 32.0 Å². The molecule has 1 heterocycles. The topological polar surface area (TPSA) is 64.4 Å². The second kappa shape index (κ2) is 8.03. The van der Waals surface area contributed by atoms with Crippen LogP contribution in [0.15, 0.2) is 40.9 Å². The first-order valence-electron chi connectivity index (χ1n) is 8.27. The molecular formula is C20H18Cl2N2O3. The molecule has 0 radical (unpaired) electrons. The number of amides is 1. The Hall–Kier alpha value is -2.50. The maximum absolute atomic E-state index is 12.7. The van der Waals surface area contributed by atoms with Gasteiger partial charge in [-0.2, -0.15) is 0 Å². The van der Waals surface area contributed by atoms with E-state index in [9.17, 15) is 4.79 Å². The molecule has 0 saturated heterocycles. The van der Waals surface area contributed by atoms with Gasteiger partial charge in [-0.05, 0) is 56.2 Å². The van der Waals surface area contributed by atoms with Crippen LogP contribution < -0.4 is 10.1 Å². The SMILES string of the molecule is Cc1ccc(OCc2c(C(=O)Nc3c(Cl)cccc3Cl)noc2C)cc1C. The maximum atomic E-state index is 12.7. The molecule has 27 heavy (non-hydrogen) atoms. The van der Waals surface area contributed by atoms with Gasteiger partial charge in [0.15, 0.2) is 5.69 Å². The lowest BCUT2D eigenvalue weighted by Crippen LogP contribution is -2.16. The smallest absolute Gasteiger partial charge is 0.278 e. The molecule has 0 atom stereocenters. The molecule has 0 unspecified atom stereocenters. The van der Waals surface area contributed by atoms with Gasteiger partial charge in [0.05, 0.1) is 21.3 Å². The first-order chi connectivity index (χ1) is 12.9. The highest BCUT2D eigenvalue weighted by atomic mass is 35.5. The Morgan fingerprint density at radius 2 is 1.81 bits per heavy atom. The lowest BCUT2D eigenvalue weighted by atomic mass is 10.1. The number of benzene rings is 2. The Kier molecular flexibility index (Phi) is 5.73. The Bertz CT molecular complexity index is 979. The molecule has 0 saturated carbocycles. The number of carbonyl (C=O) groups excluding carboxylic acids is 1. The first-order valence-corrected chi connectivity index (χ1v) is 9.03. The largest absolute Gasteiger partial charge is 0.489 e. The number of hydrogen-bond acceptors (Lipinski definition) is 4. The van der Waals surface area contributed by atoms with Gasteiger partial charge < -0.3 is 14.6 Å². The molecule has 140 valence electrons. The van der Waals surface area contributed by atoms with E-state index in [0.717, 1.165) is 5.56 Å². The van der Waals surface area contributed by atoms with E-state index in [-0.39, 0.29) is 12.3 Å². The average Bonchev–Trinajstić information content (AvgIpc) is 3.00. The highest BCUT2D eigenvalue weighted by molar-refractivity contribution is 6.40. The van der Waals surface area contributed by atoms with E-state index in [1.54, 1.807) is 25.1 Å². The van der Waals surface area contributed by atoms with E-state index in [4.69, 9.17) is 32.5 Å². The van der Waals surface area contributed by atoms with Crippen molar-refractivity contribution in [3.8, 4) is 5.75 Å². The number of nitrogens with one attached hydrogen (secondary N) is 1. The number of ether oxygens (including phenoxy) is 1. The van der Waals surface area contributed by atoms with Crippen molar-refractivity contribution in [2.24, 2.45) is 0 Å². The highest BCUT2D eigenvalue weighted by Crippen LogP contribution is 2.30. The van der Waals surface area contributed by atoms with Gasteiger partial charge in [-0.25, -0.2) is 0 Å². The summed E-state index contributed by atoms with van der Waals surface area (Å²) in [5.74, 6) is 0.744. The number of para-hydroxylation sites is 1. The number of aromatic nitrogens is 1. The van der Waals surface area contributed by atoms with E-state index in [0.29, 0.717) is 32.8 Å². The number of rotatable bonds is 5. The summed E-state index contributed by atoms with van der Waals surface area (Å²) in [7, 11) is 0. The van der Waals surface area contributed by atoms with Crippen molar-refractivity contribution >= 4 is 34.8 Å². The third-order valence-corrected chi connectivity index (χ3v) is 4.89. The Morgan fingerprint density at radius 3 is 2.48 bits per heavy atom. The average molecular weight is 405 g/mol. The summed E-state index contributed by atoms with van der Waals surface area (Å²) in [6.45, 7) is 5.92. The van der Waals surface area contributed by atoms with Crippen LogP contribution in [0.25, 0.3) is 0 Å². The van der Waals surface area contributed by atoms with Crippen LogP contribution in [0.1, 0.15) is 32.9 Å². The van der Waals surface area contributed by atoms with Crippen LogP contribution >= 0.6 is 23.2 Å². The molecule has 1 amide bonds. The zero-order valence-corrected chi connectivity index (χ0v) is 16.6. The number of halogens is 2. The van der Waals surface area contributed by atoms with Crippen molar-refractivity contribution in [1.29, 1.82) is 0 Å². The molecule has 1 N–H and O–H groups in total. The first kappa shape index (κ1) is 19.3. The van der Waals surface area contributed by atoms with Crippen LogP contribution in [0.4, 0.5) is 5.69 Å². The number of hydrogen-bond donors (Lipinski definition) is 1. The lowest BCUT2D eigenvalue weighted by molar-refractivity contribution is 0.101. The van der Waals surface area contributed by atoms with Crippen LogP contribution in [0.2, 0.25) is 10.0 Å². The molecule has 0 bridgehead atoms. The quantitative estimate of drug-likeness (QED) is 0.588. The number of nitrogens with zero attached hydrogens (tertiary/aromatic N) is 1. The third-order valence-electron chi connectivity index (χ3n) is 4.26. The summed E-state index contributed by atoms with van der Waals surface area (Å²) in [6.07, 6.45) is 0. The summed E-state index contributed by atoms with van der Waals surface area (Å²) in [5.41, 5.74) is 3.33. The predicted molar refractivity (Wildman–Crippen MR) is 106 cm³/mol. The van der Waals surface area contributed by atoms with Gasteiger partial charge in [0.2, 0.25) is 0 Å². The van der Waals surface area contributed by atoms with E-state index in [2.05, 4.69) is 10.5 Å². The molecule has 3 aromatic rings. The van der Waals surface area contributed by atoms with Crippen molar-refractivity contribution in [2.45, 2.75) is 27.4 Å². The number of carbonyl (C=O) groups is 1. The second-order valence-electron chi connectivity index (χ2n) is 6.15. The molecule has 7 heteroatoms. The summed E-state index contributed by atoms with van der Waals surface area (Å²) >= 11 is 12.2. The van der Waals surface area contributed by atoms with Crippen LogP contribution in [0.3, 0.4) is 0 Å². The van der Waals surface area contributed by atoms with E-state index in [1.165, 1.54) is 5.56 Å². The van der Waals surface area contributed by atoms with Crippen molar-refractivity contribution in [2.75, 3.05) is 5.32 Å². The normalized spacial score (nSPS) is 10.7. The van der Waals surface area contributed by atoms with Crippen LogP contribution in [0, 0.1) is 20.8 Å². The van der Waals surface area contributed by atoms with Gasteiger partial charge in [0.25, 0.3) is 5.91 Å². The van der Waals surface area contributed by atoms with Gasteiger partial charge in [-0.3, -0.25) is 4.79 Å². The minimum absolute atomic E-state index is 0.132. The summed E-state index contributed by atoms with van der Waals surface area (Å²) in [5, 5.41) is 7.22. The molecule has 2 aromatic carbocycles. The Labute approximate surface area is 167 Å². The van der Waals surface area contributed by atoms with Crippen molar-refractivity contribution in [1.82, 2.24) is 5.16 Å². The van der Waals surface area contributed by atoms with Crippen LogP contribution in [-0.4, -0.2) is 11.1 Å². The molecule has 0 aliphatic rings. The van der Waals surface area contributed by atoms with Gasteiger partial charge in [0.1, 0.15) is 18.1 Å². The third kappa shape index (κ3) is 4.26.